The first kappa shape index (κ1) is 8.83. The third kappa shape index (κ3) is 2.34. The van der Waals surface area contributed by atoms with Crippen LogP contribution in [-0.4, -0.2) is 21.1 Å². The molecule has 68 valence electrons. The Labute approximate surface area is 80.5 Å². The van der Waals surface area contributed by atoms with Gasteiger partial charge in [0.25, 0.3) is 0 Å². The average molecular weight is 174 g/mol. The summed E-state index contributed by atoms with van der Waals surface area (Å²) >= 11 is 0. The Kier molecular flexibility index (Phi) is 2.69. The minimum Gasteiger partial charge on any atom is -0.381 e. The van der Waals surface area contributed by atoms with Crippen molar-refractivity contribution in [2.45, 2.75) is 12.8 Å². The first-order valence-corrected chi connectivity index (χ1v) is 4.98. The molecule has 1 aromatic rings. The highest BCUT2D eigenvalue weighted by Gasteiger charge is 2.17. The summed E-state index contributed by atoms with van der Waals surface area (Å²) in [6, 6.07) is 8.84. The third-order valence-corrected chi connectivity index (χ3v) is 2.67. The topological polar surface area (TPSA) is 9.23 Å². The first-order chi connectivity index (χ1) is 6.34. The molecule has 2 rings (SSSR count). The number of rotatable bonds is 3. The molecule has 0 atom stereocenters. The zero-order valence-corrected chi connectivity index (χ0v) is 8.12. The summed E-state index contributed by atoms with van der Waals surface area (Å²) < 4.78 is 5.14. The fourth-order valence-corrected chi connectivity index (χ4v) is 1.58. The molecule has 0 spiro atoms. The van der Waals surface area contributed by atoms with Gasteiger partial charge in [-0.05, 0) is 18.4 Å². The standard InChI is InChI=1S/C11H15BO/c12-11-5-3-9(4-6-11)1-2-10-7-13-8-10/h3-6,10H,1-2,7-8,12H2. The van der Waals surface area contributed by atoms with Gasteiger partial charge < -0.3 is 4.74 Å². The van der Waals surface area contributed by atoms with Crippen molar-refractivity contribution in [1.29, 1.82) is 0 Å². The summed E-state index contributed by atoms with van der Waals surface area (Å²) in [5.74, 6) is 0.821. The molecule has 0 bridgehead atoms. The van der Waals surface area contributed by atoms with Crippen LogP contribution in [-0.2, 0) is 11.2 Å². The van der Waals surface area contributed by atoms with Gasteiger partial charge in [-0.15, -0.1) is 0 Å². The molecule has 1 aliphatic rings. The Hall–Kier alpha value is -0.755. The van der Waals surface area contributed by atoms with Crippen molar-refractivity contribution >= 4 is 13.3 Å². The highest BCUT2D eigenvalue weighted by molar-refractivity contribution is 6.32. The summed E-state index contributed by atoms with van der Waals surface area (Å²) in [7, 11) is 2.13. The second kappa shape index (κ2) is 3.97. The largest absolute Gasteiger partial charge is 0.381 e. The Bertz CT molecular complexity index is 264. The van der Waals surface area contributed by atoms with E-state index >= 15 is 0 Å². The molecule has 1 aliphatic heterocycles. The Balaban J connectivity index is 1.83. The van der Waals surface area contributed by atoms with Gasteiger partial charge in [0, 0.05) is 5.92 Å². The van der Waals surface area contributed by atoms with Crippen LogP contribution in [0.5, 0.6) is 0 Å². The van der Waals surface area contributed by atoms with E-state index in [4.69, 9.17) is 4.74 Å². The lowest BCUT2D eigenvalue weighted by Crippen LogP contribution is -2.27. The SMILES string of the molecule is Bc1ccc(CCC2COC2)cc1. The normalized spacial score (nSPS) is 16.9. The van der Waals surface area contributed by atoms with Crippen LogP contribution in [0.2, 0.25) is 0 Å². The lowest BCUT2D eigenvalue weighted by Gasteiger charge is -2.25. The highest BCUT2D eigenvalue weighted by atomic mass is 16.5. The molecule has 0 aliphatic carbocycles. The van der Waals surface area contributed by atoms with Crippen LogP contribution < -0.4 is 5.46 Å². The third-order valence-electron chi connectivity index (χ3n) is 2.67. The molecular formula is C11H15BO. The van der Waals surface area contributed by atoms with Gasteiger partial charge in [0.1, 0.15) is 7.85 Å². The van der Waals surface area contributed by atoms with Crippen LogP contribution in [0.3, 0.4) is 0 Å². The second-order valence-electron chi connectivity index (χ2n) is 3.93. The molecule has 1 saturated heterocycles. The molecule has 0 N–H and O–H groups in total. The fraction of sp³-hybridized carbons (Fsp3) is 0.455. The molecular weight excluding hydrogens is 159 g/mol. The number of hydrogen-bond acceptors (Lipinski definition) is 1. The smallest absolute Gasteiger partial charge is 0.139 e. The van der Waals surface area contributed by atoms with Crippen LogP contribution in [0.4, 0.5) is 0 Å². The summed E-state index contributed by atoms with van der Waals surface area (Å²) in [5, 5.41) is 0. The van der Waals surface area contributed by atoms with E-state index in [9.17, 15) is 0 Å². The van der Waals surface area contributed by atoms with Crippen molar-refractivity contribution in [2.75, 3.05) is 13.2 Å². The van der Waals surface area contributed by atoms with Gasteiger partial charge in [0.15, 0.2) is 0 Å². The Morgan fingerprint density at radius 2 is 1.92 bits per heavy atom. The molecule has 0 amide bonds. The predicted octanol–water partition coefficient (Wildman–Crippen LogP) is 0.524. The number of ether oxygens (including phenoxy) is 1. The second-order valence-corrected chi connectivity index (χ2v) is 3.93. The van der Waals surface area contributed by atoms with E-state index in [1.165, 1.54) is 23.9 Å². The van der Waals surface area contributed by atoms with Gasteiger partial charge in [-0.25, -0.2) is 0 Å². The molecule has 2 heteroatoms. The average Bonchev–Trinajstić information content (AvgIpc) is 2.05. The first-order valence-electron chi connectivity index (χ1n) is 4.98. The van der Waals surface area contributed by atoms with E-state index in [0.717, 1.165) is 19.1 Å². The van der Waals surface area contributed by atoms with E-state index in [1.807, 2.05) is 0 Å². The number of benzene rings is 1. The van der Waals surface area contributed by atoms with Gasteiger partial charge in [-0.1, -0.05) is 29.7 Å². The maximum absolute atomic E-state index is 5.14. The van der Waals surface area contributed by atoms with Crippen LogP contribution in [0.15, 0.2) is 24.3 Å². The van der Waals surface area contributed by atoms with E-state index in [0.29, 0.717) is 0 Å². The lowest BCUT2D eigenvalue weighted by molar-refractivity contribution is -0.0352. The molecule has 1 nitrogen and oxygen atoms in total. The van der Waals surface area contributed by atoms with E-state index in [-0.39, 0.29) is 0 Å². The van der Waals surface area contributed by atoms with Gasteiger partial charge in [-0.2, -0.15) is 0 Å². The van der Waals surface area contributed by atoms with Crippen LogP contribution in [0.1, 0.15) is 12.0 Å². The molecule has 1 heterocycles. The zero-order valence-electron chi connectivity index (χ0n) is 8.12. The molecule has 13 heavy (non-hydrogen) atoms. The predicted molar refractivity (Wildman–Crippen MR) is 57.3 cm³/mol. The Morgan fingerprint density at radius 1 is 1.23 bits per heavy atom. The highest BCUT2D eigenvalue weighted by Crippen LogP contribution is 2.16. The minimum absolute atomic E-state index is 0.821. The van der Waals surface area contributed by atoms with Crippen LogP contribution in [0.25, 0.3) is 0 Å². The minimum atomic E-state index is 0.821. The molecule has 1 aromatic carbocycles. The van der Waals surface area contributed by atoms with Crippen molar-refractivity contribution in [3.63, 3.8) is 0 Å². The van der Waals surface area contributed by atoms with Crippen LogP contribution >= 0.6 is 0 Å². The van der Waals surface area contributed by atoms with Crippen molar-refractivity contribution in [3.8, 4) is 0 Å². The van der Waals surface area contributed by atoms with Gasteiger partial charge in [0.2, 0.25) is 0 Å². The Morgan fingerprint density at radius 3 is 2.46 bits per heavy atom. The molecule has 0 saturated carbocycles. The molecule has 1 fully saturated rings. The molecule has 0 radical (unpaired) electrons. The fourth-order valence-electron chi connectivity index (χ4n) is 1.58. The van der Waals surface area contributed by atoms with Crippen molar-refractivity contribution in [2.24, 2.45) is 5.92 Å². The number of hydrogen-bond donors (Lipinski definition) is 0. The monoisotopic (exact) mass is 174 g/mol. The van der Waals surface area contributed by atoms with E-state index < -0.39 is 0 Å². The summed E-state index contributed by atoms with van der Waals surface area (Å²) in [6.07, 6.45) is 2.48. The zero-order chi connectivity index (χ0) is 9.10. The van der Waals surface area contributed by atoms with Gasteiger partial charge in [-0.3, -0.25) is 0 Å². The van der Waals surface area contributed by atoms with Gasteiger partial charge >= 0.3 is 0 Å². The van der Waals surface area contributed by atoms with Gasteiger partial charge in [0.05, 0.1) is 13.2 Å². The maximum Gasteiger partial charge on any atom is 0.139 e. The quantitative estimate of drug-likeness (QED) is 0.607. The van der Waals surface area contributed by atoms with E-state index in [1.54, 1.807) is 0 Å². The molecule has 0 aromatic heterocycles. The van der Waals surface area contributed by atoms with E-state index in [2.05, 4.69) is 32.1 Å². The van der Waals surface area contributed by atoms with Crippen molar-refractivity contribution in [1.82, 2.24) is 0 Å². The molecule has 0 unspecified atom stereocenters. The number of aryl methyl sites for hydroxylation is 1. The summed E-state index contributed by atoms with van der Waals surface area (Å²) in [6.45, 7) is 1.96. The summed E-state index contributed by atoms with van der Waals surface area (Å²) in [5.41, 5.74) is 2.80. The lowest BCUT2D eigenvalue weighted by atomic mass is 9.93. The maximum atomic E-state index is 5.14. The van der Waals surface area contributed by atoms with Crippen molar-refractivity contribution < 1.29 is 4.74 Å². The van der Waals surface area contributed by atoms with Crippen LogP contribution in [0, 0.1) is 5.92 Å². The summed E-state index contributed by atoms with van der Waals surface area (Å²) in [4.78, 5) is 0. The van der Waals surface area contributed by atoms with Crippen molar-refractivity contribution in [3.05, 3.63) is 29.8 Å².